The molecule has 0 saturated carbocycles. The van der Waals surface area contributed by atoms with Crippen molar-refractivity contribution in [1.29, 1.82) is 0 Å². The number of halogens is 4. The minimum atomic E-state index is -4.11. The smallest absolute Gasteiger partial charge is 0.330 e. The van der Waals surface area contributed by atoms with Gasteiger partial charge in [0.25, 0.3) is 0 Å². The number of hydrazine groups is 1. The van der Waals surface area contributed by atoms with E-state index in [4.69, 9.17) is 5.84 Å². The molecule has 7 heteroatoms. The van der Waals surface area contributed by atoms with Crippen molar-refractivity contribution in [3.05, 3.63) is 12.7 Å². The number of nitrogens with two attached hydrogens (primary N) is 1. The highest BCUT2D eigenvalue weighted by molar-refractivity contribution is 4.71. The van der Waals surface area contributed by atoms with Crippen molar-refractivity contribution in [1.82, 2.24) is 5.43 Å². The summed E-state index contributed by atoms with van der Waals surface area (Å²) in [5.41, 5.74) is 2.38. The predicted molar refractivity (Wildman–Crippen MR) is 56.9 cm³/mol. The molecule has 0 rings (SSSR count). The lowest BCUT2D eigenvalue weighted by Gasteiger charge is -2.19. The Labute approximate surface area is 98.0 Å². The number of ether oxygens (including phenoxy) is 1. The molecule has 1 atom stereocenters. The third-order valence-corrected chi connectivity index (χ3v) is 2.13. The molecule has 0 spiro atoms. The quantitative estimate of drug-likeness (QED) is 0.207. The Morgan fingerprint density at radius 2 is 2.06 bits per heavy atom. The van der Waals surface area contributed by atoms with Crippen molar-refractivity contribution < 1.29 is 22.3 Å². The molecule has 17 heavy (non-hydrogen) atoms. The number of hydrogen-bond donors (Lipinski definition) is 2. The van der Waals surface area contributed by atoms with Crippen molar-refractivity contribution in [2.24, 2.45) is 5.84 Å². The highest BCUT2D eigenvalue weighted by Gasteiger charge is 2.41. The van der Waals surface area contributed by atoms with Crippen molar-refractivity contribution in [3.63, 3.8) is 0 Å². The van der Waals surface area contributed by atoms with E-state index in [1.807, 2.05) is 0 Å². The topological polar surface area (TPSA) is 47.3 Å². The maximum absolute atomic E-state index is 12.5. The monoisotopic (exact) mass is 258 g/mol. The van der Waals surface area contributed by atoms with Crippen LogP contribution in [-0.2, 0) is 4.74 Å². The maximum Gasteiger partial charge on any atom is 0.330 e. The van der Waals surface area contributed by atoms with E-state index in [-0.39, 0.29) is 12.6 Å². The summed E-state index contributed by atoms with van der Waals surface area (Å²) < 4.78 is 53.1. The van der Waals surface area contributed by atoms with Crippen LogP contribution in [0.15, 0.2) is 12.7 Å². The van der Waals surface area contributed by atoms with Crippen LogP contribution in [0.5, 0.6) is 0 Å². The highest BCUT2D eigenvalue weighted by Crippen LogP contribution is 2.22. The first kappa shape index (κ1) is 16.3. The van der Waals surface area contributed by atoms with Crippen LogP contribution in [0.1, 0.15) is 19.3 Å². The third kappa shape index (κ3) is 7.30. The second kappa shape index (κ2) is 8.43. The molecule has 0 aromatic rings. The molecule has 0 radical (unpaired) electrons. The van der Waals surface area contributed by atoms with Gasteiger partial charge in [0, 0.05) is 6.04 Å². The number of allylic oxidation sites excluding steroid dienone is 1. The molecule has 0 aromatic heterocycles. The normalized spacial score (nSPS) is 14.0. The average molecular weight is 258 g/mol. The highest BCUT2D eigenvalue weighted by atomic mass is 19.3. The van der Waals surface area contributed by atoms with E-state index in [1.54, 1.807) is 6.08 Å². The van der Waals surface area contributed by atoms with Gasteiger partial charge < -0.3 is 4.74 Å². The zero-order valence-corrected chi connectivity index (χ0v) is 9.47. The number of nitrogens with one attached hydrogen (secondary N) is 1. The summed E-state index contributed by atoms with van der Waals surface area (Å²) in [6.45, 7) is 2.10. The lowest BCUT2D eigenvalue weighted by atomic mass is 10.1. The van der Waals surface area contributed by atoms with Crippen LogP contribution in [0.3, 0.4) is 0 Å². The predicted octanol–water partition coefficient (Wildman–Crippen LogP) is 2.09. The molecule has 0 bridgehead atoms. The van der Waals surface area contributed by atoms with Gasteiger partial charge in [-0.05, 0) is 19.3 Å². The van der Waals surface area contributed by atoms with Crippen molar-refractivity contribution in [2.75, 3.05) is 13.2 Å². The van der Waals surface area contributed by atoms with Gasteiger partial charge in [-0.15, -0.1) is 6.58 Å². The first-order valence-electron chi connectivity index (χ1n) is 5.24. The average Bonchev–Trinajstić information content (AvgIpc) is 2.26. The zero-order valence-electron chi connectivity index (χ0n) is 9.47. The summed E-state index contributed by atoms with van der Waals surface area (Å²) in [6, 6.07) is -0.330. The van der Waals surface area contributed by atoms with Crippen LogP contribution in [0, 0.1) is 0 Å². The van der Waals surface area contributed by atoms with E-state index in [1.165, 1.54) is 0 Å². The second-order valence-electron chi connectivity index (χ2n) is 3.66. The third-order valence-electron chi connectivity index (χ3n) is 2.13. The van der Waals surface area contributed by atoms with Gasteiger partial charge in [0.15, 0.2) is 0 Å². The summed E-state index contributed by atoms with van der Waals surface area (Å²) in [5, 5.41) is 0. The minimum Gasteiger partial charge on any atom is -0.373 e. The van der Waals surface area contributed by atoms with Gasteiger partial charge in [0.1, 0.15) is 6.61 Å². The summed E-state index contributed by atoms with van der Waals surface area (Å²) in [4.78, 5) is 0. The molecule has 0 aliphatic carbocycles. The molecule has 0 aliphatic rings. The first-order valence-corrected chi connectivity index (χ1v) is 5.24. The Morgan fingerprint density at radius 1 is 1.41 bits per heavy atom. The molecule has 0 fully saturated rings. The van der Waals surface area contributed by atoms with Crippen molar-refractivity contribution in [2.45, 2.75) is 37.7 Å². The van der Waals surface area contributed by atoms with Crippen LogP contribution in [-0.4, -0.2) is 31.6 Å². The van der Waals surface area contributed by atoms with E-state index in [0.29, 0.717) is 6.42 Å². The van der Waals surface area contributed by atoms with Crippen LogP contribution in [0.2, 0.25) is 0 Å². The molecular formula is C10H18F4N2O. The lowest BCUT2D eigenvalue weighted by Crippen LogP contribution is -2.40. The Hall–Kier alpha value is -0.660. The van der Waals surface area contributed by atoms with Gasteiger partial charge >= 0.3 is 12.3 Å². The van der Waals surface area contributed by atoms with E-state index >= 15 is 0 Å². The fourth-order valence-electron chi connectivity index (χ4n) is 1.12. The minimum absolute atomic E-state index is 0.129. The molecule has 0 aromatic carbocycles. The van der Waals surface area contributed by atoms with Crippen LogP contribution < -0.4 is 11.3 Å². The molecule has 0 heterocycles. The molecule has 0 aliphatic heterocycles. The van der Waals surface area contributed by atoms with Gasteiger partial charge in [-0.3, -0.25) is 11.3 Å². The van der Waals surface area contributed by atoms with Gasteiger partial charge in [-0.2, -0.15) is 8.78 Å². The number of alkyl halides is 4. The maximum atomic E-state index is 12.5. The van der Waals surface area contributed by atoms with E-state index < -0.39 is 19.0 Å². The number of unbranched alkanes of at least 4 members (excludes halogenated alkanes) is 1. The zero-order chi connectivity index (χ0) is 13.3. The van der Waals surface area contributed by atoms with Gasteiger partial charge in [-0.1, -0.05) is 6.08 Å². The van der Waals surface area contributed by atoms with Crippen LogP contribution >= 0.6 is 0 Å². The largest absolute Gasteiger partial charge is 0.373 e. The standard InChI is InChI=1S/C10H18F4N2O/c1-2-3-4-5-8(16-15)6-17-7-10(13,14)9(11)12/h2,8-9,16H,1,3-7,15H2. The van der Waals surface area contributed by atoms with Gasteiger partial charge in [-0.25, -0.2) is 8.78 Å². The first-order chi connectivity index (χ1) is 7.94. The van der Waals surface area contributed by atoms with Crippen LogP contribution in [0.4, 0.5) is 17.6 Å². The molecule has 3 nitrogen and oxygen atoms in total. The Morgan fingerprint density at radius 3 is 2.53 bits per heavy atom. The summed E-state index contributed by atoms with van der Waals surface area (Å²) >= 11 is 0. The van der Waals surface area contributed by atoms with Crippen LogP contribution in [0.25, 0.3) is 0 Å². The Bertz CT molecular complexity index is 214. The van der Waals surface area contributed by atoms with E-state index in [9.17, 15) is 17.6 Å². The summed E-state index contributed by atoms with van der Waals surface area (Å²) in [6.07, 6.45) is 0.146. The van der Waals surface area contributed by atoms with Crippen molar-refractivity contribution in [3.8, 4) is 0 Å². The lowest BCUT2D eigenvalue weighted by molar-refractivity contribution is -0.167. The number of rotatable bonds is 10. The molecule has 0 saturated heterocycles. The number of hydrogen-bond acceptors (Lipinski definition) is 3. The van der Waals surface area contributed by atoms with E-state index in [2.05, 4.69) is 16.7 Å². The van der Waals surface area contributed by atoms with Gasteiger partial charge in [0.2, 0.25) is 0 Å². The summed E-state index contributed by atoms with van der Waals surface area (Å²) in [5.74, 6) is 1.06. The molecular weight excluding hydrogens is 240 g/mol. The van der Waals surface area contributed by atoms with E-state index in [0.717, 1.165) is 12.8 Å². The fraction of sp³-hybridized carbons (Fsp3) is 0.800. The molecule has 1 unspecified atom stereocenters. The fourth-order valence-corrected chi connectivity index (χ4v) is 1.12. The summed E-state index contributed by atoms with van der Waals surface area (Å²) in [7, 11) is 0. The SMILES string of the molecule is C=CCCCC(COCC(F)(F)C(F)F)NN. The Balaban J connectivity index is 3.79. The Kier molecular flexibility index (Phi) is 8.11. The van der Waals surface area contributed by atoms with Gasteiger partial charge in [0.05, 0.1) is 6.61 Å². The molecule has 0 amide bonds. The second-order valence-corrected chi connectivity index (χ2v) is 3.66. The molecule has 3 N–H and O–H groups in total. The molecule has 102 valence electrons. The van der Waals surface area contributed by atoms with Crippen molar-refractivity contribution >= 4 is 0 Å².